The van der Waals surface area contributed by atoms with Crippen molar-refractivity contribution in [2.75, 3.05) is 13.1 Å². The van der Waals surface area contributed by atoms with Crippen LogP contribution in [0, 0.1) is 0 Å². The number of alkyl halides is 3. The van der Waals surface area contributed by atoms with Crippen molar-refractivity contribution in [2.45, 2.75) is 32.7 Å². The zero-order valence-electron chi connectivity index (χ0n) is 15.8. The van der Waals surface area contributed by atoms with Gasteiger partial charge in [-0.05, 0) is 31.4 Å². The first-order chi connectivity index (χ1) is 12.9. The van der Waals surface area contributed by atoms with Gasteiger partial charge in [-0.3, -0.25) is 4.68 Å². The smallest absolute Gasteiger partial charge is 0.405 e. The van der Waals surface area contributed by atoms with Gasteiger partial charge in [-0.1, -0.05) is 18.2 Å². The lowest BCUT2D eigenvalue weighted by Gasteiger charge is -2.14. The van der Waals surface area contributed by atoms with E-state index >= 15 is 0 Å². The van der Waals surface area contributed by atoms with Gasteiger partial charge in [0.15, 0.2) is 5.96 Å². The molecule has 0 aliphatic heterocycles. The Bertz CT molecular complexity index is 749. The van der Waals surface area contributed by atoms with Gasteiger partial charge < -0.3 is 15.4 Å². The van der Waals surface area contributed by atoms with Crippen LogP contribution in [0.2, 0.25) is 0 Å². The SMILES string of the molecule is CCNC(=NCc1ccccc1OC(F)(F)F)NCCCc1cnn(C)c1.I. The van der Waals surface area contributed by atoms with Gasteiger partial charge in [-0.25, -0.2) is 4.99 Å². The van der Waals surface area contributed by atoms with Crippen LogP contribution >= 0.6 is 24.0 Å². The number of nitrogens with zero attached hydrogens (tertiary/aromatic N) is 3. The van der Waals surface area contributed by atoms with Gasteiger partial charge in [0.1, 0.15) is 5.75 Å². The number of aromatic nitrogens is 2. The van der Waals surface area contributed by atoms with Crippen molar-refractivity contribution < 1.29 is 17.9 Å². The number of aliphatic imine (C=N–C) groups is 1. The van der Waals surface area contributed by atoms with Gasteiger partial charge in [0.05, 0.1) is 12.7 Å². The Morgan fingerprint density at radius 2 is 2.00 bits per heavy atom. The highest BCUT2D eigenvalue weighted by Crippen LogP contribution is 2.26. The van der Waals surface area contributed by atoms with Crippen molar-refractivity contribution in [3.05, 3.63) is 47.8 Å². The van der Waals surface area contributed by atoms with Gasteiger partial charge in [0, 0.05) is 31.9 Å². The van der Waals surface area contributed by atoms with Gasteiger partial charge in [-0.2, -0.15) is 5.10 Å². The summed E-state index contributed by atoms with van der Waals surface area (Å²) in [6, 6.07) is 6.00. The van der Waals surface area contributed by atoms with Crippen molar-refractivity contribution in [1.82, 2.24) is 20.4 Å². The van der Waals surface area contributed by atoms with Gasteiger partial charge in [-0.15, -0.1) is 37.1 Å². The first kappa shape index (κ1) is 24.1. The molecule has 0 unspecified atom stereocenters. The van der Waals surface area contributed by atoms with Crippen LogP contribution in [-0.2, 0) is 20.0 Å². The number of nitrogens with one attached hydrogen (secondary N) is 2. The number of hydrogen-bond donors (Lipinski definition) is 2. The van der Waals surface area contributed by atoms with E-state index in [1.165, 1.54) is 12.1 Å². The molecule has 1 aromatic carbocycles. The summed E-state index contributed by atoms with van der Waals surface area (Å²) in [6.07, 6.45) is 0.828. The molecule has 0 spiro atoms. The van der Waals surface area contributed by atoms with Crippen LogP contribution in [0.5, 0.6) is 5.75 Å². The second-order valence-electron chi connectivity index (χ2n) is 5.90. The molecule has 1 heterocycles. The van der Waals surface area contributed by atoms with Crippen LogP contribution in [0.3, 0.4) is 0 Å². The molecule has 2 aromatic rings. The van der Waals surface area contributed by atoms with Crippen molar-refractivity contribution in [3.63, 3.8) is 0 Å². The van der Waals surface area contributed by atoms with Crippen LogP contribution in [0.1, 0.15) is 24.5 Å². The molecule has 0 atom stereocenters. The number of hydrogen-bond acceptors (Lipinski definition) is 3. The molecule has 0 saturated carbocycles. The summed E-state index contributed by atoms with van der Waals surface area (Å²) in [4.78, 5) is 4.35. The standard InChI is InChI=1S/C18H24F3N5O.HI/c1-3-22-17(23-10-6-7-14-11-25-26(2)13-14)24-12-15-8-4-5-9-16(15)27-18(19,20)21;/h4-5,8-9,11,13H,3,6-7,10,12H2,1-2H3,(H2,22,23,24);1H. The number of ether oxygens (including phenoxy) is 1. The first-order valence-corrected chi connectivity index (χ1v) is 8.70. The summed E-state index contributed by atoms with van der Waals surface area (Å²) in [6.45, 7) is 3.33. The topological polar surface area (TPSA) is 63.5 Å². The lowest BCUT2D eigenvalue weighted by atomic mass is 10.2. The monoisotopic (exact) mass is 511 g/mol. The predicted octanol–water partition coefficient (Wildman–Crippen LogP) is 3.62. The minimum Gasteiger partial charge on any atom is -0.405 e. The Morgan fingerprint density at radius 1 is 1.25 bits per heavy atom. The lowest BCUT2D eigenvalue weighted by molar-refractivity contribution is -0.274. The van der Waals surface area contributed by atoms with E-state index in [1.54, 1.807) is 16.8 Å². The largest absolute Gasteiger partial charge is 0.573 e. The van der Waals surface area contributed by atoms with Crippen LogP contribution in [0.25, 0.3) is 0 Å². The van der Waals surface area contributed by atoms with E-state index in [-0.39, 0.29) is 36.3 Å². The Morgan fingerprint density at radius 3 is 2.64 bits per heavy atom. The molecule has 2 N–H and O–H groups in total. The Labute approximate surface area is 179 Å². The van der Waals surface area contributed by atoms with Gasteiger partial charge in [0.25, 0.3) is 0 Å². The molecule has 2 rings (SSSR count). The molecule has 156 valence electrons. The summed E-state index contributed by atoms with van der Waals surface area (Å²) >= 11 is 0. The van der Waals surface area contributed by atoms with E-state index in [0.717, 1.165) is 18.4 Å². The van der Waals surface area contributed by atoms with Crippen LogP contribution in [-0.4, -0.2) is 35.2 Å². The highest BCUT2D eigenvalue weighted by Gasteiger charge is 2.31. The summed E-state index contributed by atoms with van der Waals surface area (Å²) in [5, 5.41) is 10.4. The zero-order chi connectivity index (χ0) is 19.7. The number of rotatable bonds is 8. The van der Waals surface area contributed by atoms with Crippen LogP contribution < -0.4 is 15.4 Å². The fraction of sp³-hybridized carbons (Fsp3) is 0.444. The number of aryl methyl sites for hydroxylation is 2. The Kier molecular flexibility index (Phi) is 10.1. The number of halogens is 4. The quantitative estimate of drug-likeness (QED) is 0.246. The molecule has 1 aromatic heterocycles. The molecule has 0 aliphatic rings. The highest BCUT2D eigenvalue weighted by atomic mass is 127. The van der Waals surface area contributed by atoms with E-state index in [0.29, 0.717) is 24.6 Å². The maximum Gasteiger partial charge on any atom is 0.573 e. The number of para-hydroxylation sites is 1. The summed E-state index contributed by atoms with van der Waals surface area (Å²) < 4.78 is 43.3. The van der Waals surface area contributed by atoms with E-state index in [2.05, 4.69) is 25.5 Å². The van der Waals surface area contributed by atoms with Gasteiger partial charge in [0.2, 0.25) is 0 Å². The average molecular weight is 511 g/mol. The molecule has 0 radical (unpaired) electrons. The van der Waals surface area contributed by atoms with E-state index in [1.807, 2.05) is 26.4 Å². The third-order valence-corrected chi connectivity index (χ3v) is 3.64. The third kappa shape index (κ3) is 8.81. The van der Waals surface area contributed by atoms with Gasteiger partial charge >= 0.3 is 6.36 Å². The second-order valence-corrected chi connectivity index (χ2v) is 5.90. The lowest BCUT2D eigenvalue weighted by Crippen LogP contribution is -2.37. The molecule has 0 aliphatic carbocycles. The minimum atomic E-state index is -4.73. The molecule has 0 saturated heterocycles. The second kappa shape index (κ2) is 11.8. The third-order valence-electron chi connectivity index (χ3n) is 3.64. The maximum absolute atomic E-state index is 12.5. The minimum absolute atomic E-state index is 0. The van der Waals surface area contributed by atoms with E-state index < -0.39 is 6.36 Å². The average Bonchev–Trinajstić information content (AvgIpc) is 3.01. The maximum atomic E-state index is 12.5. The molecular weight excluding hydrogens is 486 g/mol. The number of benzene rings is 1. The van der Waals surface area contributed by atoms with Crippen molar-refractivity contribution in [3.8, 4) is 5.75 Å². The first-order valence-electron chi connectivity index (χ1n) is 8.70. The molecule has 0 amide bonds. The molecular formula is C18H25F3IN5O. The Balaban J connectivity index is 0.00000392. The highest BCUT2D eigenvalue weighted by molar-refractivity contribution is 14.0. The predicted molar refractivity (Wildman–Crippen MR) is 113 cm³/mol. The van der Waals surface area contributed by atoms with Crippen molar-refractivity contribution in [2.24, 2.45) is 12.0 Å². The van der Waals surface area contributed by atoms with Crippen molar-refractivity contribution in [1.29, 1.82) is 0 Å². The Hall–Kier alpha value is -1.98. The number of guanidine groups is 1. The van der Waals surface area contributed by atoms with E-state index in [4.69, 9.17) is 0 Å². The van der Waals surface area contributed by atoms with Crippen LogP contribution in [0.15, 0.2) is 41.7 Å². The summed E-state index contributed by atoms with van der Waals surface area (Å²) in [5.41, 5.74) is 1.52. The van der Waals surface area contributed by atoms with E-state index in [9.17, 15) is 13.2 Å². The molecule has 6 nitrogen and oxygen atoms in total. The molecule has 10 heteroatoms. The molecule has 0 fully saturated rings. The fourth-order valence-electron chi connectivity index (χ4n) is 2.46. The van der Waals surface area contributed by atoms with Crippen LogP contribution in [0.4, 0.5) is 13.2 Å². The fourth-order valence-corrected chi connectivity index (χ4v) is 2.46. The zero-order valence-corrected chi connectivity index (χ0v) is 18.1. The molecule has 28 heavy (non-hydrogen) atoms. The molecule has 0 bridgehead atoms. The summed E-state index contributed by atoms with van der Waals surface area (Å²) in [5.74, 6) is 0.312. The van der Waals surface area contributed by atoms with Crippen molar-refractivity contribution >= 4 is 29.9 Å². The normalized spacial score (nSPS) is 11.7. The summed E-state index contributed by atoms with van der Waals surface area (Å²) in [7, 11) is 1.87.